The van der Waals surface area contributed by atoms with Crippen LogP contribution in [0.4, 0.5) is 15.9 Å². The Balaban J connectivity index is 2.07. The lowest BCUT2D eigenvalue weighted by atomic mass is 10.2. The third-order valence-electron chi connectivity index (χ3n) is 3.13. The summed E-state index contributed by atoms with van der Waals surface area (Å²) in [5, 5.41) is 8.72. The van der Waals surface area contributed by atoms with Gasteiger partial charge in [0.2, 0.25) is 0 Å². The van der Waals surface area contributed by atoms with Gasteiger partial charge in [0.05, 0.1) is 12.5 Å². The Morgan fingerprint density at radius 3 is 2.56 bits per heavy atom. The predicted octanol–water partition coefficient (Wildman–Crippen LogP) is 1.30. The molecule has 2 N–H and O–H groups in total. The molecule has 0 aliphatic carbocycles. The number of nitrogen functional groups attached to an aromatic ring is 1. The second kappa shape index (κ2) is 8.35. The quantitative estimate of drug-likeness (QED) is 0.784. The minimum atomic E-state index is -0.890. The maximum Gasteiger partial charge on any atom is 0.361 e. The van der Waals surface area contributed by atoms with Gasteiger partial charge in [-0.25, -0.2) is 19.2 Å². The standard InChI is InChI=1S/C16H14FN5O3/c17-11-2-4-12(5-3-11)22(9-1-6-18)13(23)10-25-16(24)14-15(19)21-8-7-20-14/h2-5,7-8H,1,9-10H2,(H2,19,21). The first-order valence-corrected chi connectivity index (χ1v) is 7.19. The van der Waals surface area contributed by atoms with Crippen molar-refractivity contribution in [2.24, 2.45) is 0 Å². The number of anilines is 2. The normalized spacial score (nSPS) is 9.92. The molecule has 0 saturated heterocycles. The first-order valence-electron chi connectivity index (χ1n) is 7.19. The van der Waals surface area contributed by atoms with Gasteiger partial charge in [0.15, 0.2) is 18.1 Å². The Labute approximate surface area is 142 Å². The van der Waals surface area contributed by atoms with Gasteiger partial charge in [0.25, 0.3) is 5.91 Å². The molecule has 0 atom stereocenters. The highest BCUT2D eigenvalue weighted by Crippen LogP contribution is 2.16. The number of nitriles is 1. The fourth-order valence-electron chi connectivity index (χ4n) is 1.96. The number of carbonyl (C=O) groups excluding carboxylic acids is 2. The van der Waals surface area contributed by atoms with Crippen LogP contribution in [-0.4, -0.2) is 35.0 Å². The molecule has 9 heteroatoms. The number of nitrogens with two attached hydrogens (primary N) is 1. The maximum atomic E-state index is 13.0. The molecular formula is C16H14FN5O3. The van der Waals surface area contributed by atoms with Crippen LogP contribution < -0.4 is 10.6 Å². The third-order valence-corrected chi connectivity index (χ3v) is 3.13. The van der Waals surface area contributed by atoms with Crippen LogP contribution in [0.2, 0.25) is 0 Å². The van der Waals surface area contributed by atoms with Gasteiger partial charge in [0.1, 0.15) is 5.82 Å². The smallest absolute Gasteiger partial charge is 0.361 e. The Kier molecular flexibility index (Phi) is 5.95. The lowest BCUT2D eigenvalue weighted by Crippen LogP contribution is -2.35. The largest absolute Gasteiger partial charge is 0.451 e. The van der Waals surface area contributed by atoms with Crippen molar-refractivity contribution in [2.45, 2.75) is 6.42 Å². The Morgan fingerprint density at radius 1 is 1.24 bits per heavy atom. The van der Waals surface area contributed by atoms with Crippen LogP contribution in [-0.2, 0) is 9.53 Å². The minimum Gasteiger partial charge on any atom is -0.451 e. The summed E-state index contributed by atoms with van der Waals surface area (Å²) in [6.07, 6.45) is 2.65. The highest BCUT2D eigenvalue weighted by atomic mass is 19.1. The van der Waals surface area contributed by atoms with Crippen LogP contribution in [0.3, 0.4) is 0 Å². The zero-order valence-corrected chi connectivity index (χ0v) is 13.1. The summed E-state index contributed by atoms with van der Waals surface area (Å²) < 4.78 is 17.9. The highest BCUT2D eigenvalue weighted by Gasteiger charge is 2.20. The second-order valence-electron chi connectivity index (χ2n) is 4.80. The van der Waals surface area contributed by atoms with Crippen molar-refractivity contribution in [1.82, 2.24) is 9.97 Å². The summed E-state index contributed by atoms with van der Waals surface area (Å²) in [4.78, 5) is 32.9. The number of carbonyl (C=O) groups is 2. The first-order chi connectivity index (χ1) is 12.0. The van der Waals surface area contributed by atoms with E-state index in [9.17, 15) is 14.0 Å². The molecule has 0 radical (unpaired) electrons. The van der Waals surface area contributed by atoms with Crippen LogP contribution in [0.5, 0.6) is 0 Å². The van der Waals surface area contributed by atoms with E-state index in [1.54, 1.807) is 0 Å². The number of hydrogen-bond acceptors (Lipinski definition) is 7. The van der Waals surface area contributed by atoms with Crippen molar-refractivity contribution >= 4 is 23.4 Å². The fourth-order valence-corrected chi connectivity index (χ4v) is 1.96. The molecule has 0 fully saturated rings. The molecule has 0 bridgehead atoms. The molecule has 0 spiro atoms. The monoisotopic (exact) mass is 343 g/mol. The van der Waals surface area contributed by atoms with Gasteiger partial charge in [-0.2, -0.15) is 5.26 Å². The Bertz CT molecular complexity index is 804. The van der Waals surface area contributed by atoms with E-state index < -0.39 is 24.3 Å². The number of esters is 1. The van der Waals surface area contributed by atoms with Crippen molar-refractivity contribution in [3.05, 3.63) is 48.2 Å². The number of ether oxygens (including phenoxy) is 1. The van der Waals surface area contributed by atoms with E-state index in [1.807, 2.05) is 6.07 Å². The molecule has 0 unspecified atom stereocenters. The molecule has 8 nitrogen and oxygen atoms in total. The topological polar surface area (TPSA) is 122 Å². The number of benzene rings is 1. The molecular weight excluding hydrogens is 329 g/mol. The zero-order chi connectivity index (χ0) is 18.2. The number of nitrogens with zero attached hydrogens (tertiary/aromatic N) is 4. The van der Waals surface area contributed by atoms with Crippen molar-refractivity contribution in [3.63, 3.8) is 0 Å². The number of halogens is 1. The molecule has 1 heterocycles. The van der Waals surface area contributed by atoms with E-state index >= 15 is 0 Å². The van der Waals surface area contributed by atoms with E-state index in [1.165, 1.54) is 41.6 Å². The summed E-state index contributed by atoms with van der Waals surface area (Å²) in [6, 6.07) is 7.09. The van der Waals surface area contributed by atoms with Gasteiger partial charge < -0.3 is 15.4 Å². The average molecular weight is 343 g/mol. The fraction of sp³-hybridized carbons (Fsp3) is 0.188. The van der Waals surface area contributed by atoms with Crippen LogP contribution in [0.1, 0.15) is 16.9 Å². The van der Waals surface area contributed by atoms with Crippen LogP contribution in [0.15, 0.2) is 36.7 Å². The third kappa shape index (κ3) is 4.71. The molecule has 2 aromatic rings. The molecule has 2 rings (SSSR count). The van der Waals surface area contributed by atoms with Gasteiger partial charge in [-0.3, -0.25) is 4.79 Å². The van der Waals surface area contributed by atoms with Gasteiger partial charge in [0, 0.05) is 24.6 Å². The van der Waals surface area contributed by atoms with Crippen molar-refractivity contribution in [2.75, 3.05) is 23.8 Å². The predicted molar refractivity (Wildman–Crippen MR) is 85.7 cm³/mol. The van der Waals surface area contributed by atoms with Gasteiger partial charge in [-0.1, -0.05) is 0 Å². The van der Waals surface area contributed by atoms with E-state index in [0.717, 1.165) is 0 Å². The lowest BCUT2D eigenvalue weighted by Gasteiger charge is -2.21. The zero-order valence-electron chi connectivity index (χ0n) is 13.1. The van der Waals surface area contributed by atoms with Gasteiger partial charge in [-0.05, 0) is 24.3 Å². The summed E-state index contributed by atoms with van der Waals surface area (Å²) in [6.45, 7) is -0.510. The van der Waals surface area contributed by atoms with Crippen LogP contribution in [0, 0.1) is 17.1 Å². The van der Waals surface area contributed by atoms with E-state index in [0.29, 0.717) is 5.69 Å². The average Bonchev–Trinajstić information content (AvgIpc) is 2.61. The van der Waals surface area contributed by atoms with Crippen LogP contribution >= 0.6 is 0 Å². The molecule has 128 valence electrons. The molecule has 25 heavy (non-hydrogen) atoms. The minimum absolute atomic E-state index is 0.0637. The van der Waals surface area contributed by atoms with Crippen molar-refractivity contribution in [1.29, 1.82) is 5.26 Å². The Hall–Kier alpha value is -3.54. The van der Waals surface area contributed by atoms with E-state index in [-0.39, 0.29) is 24.5 Å². The molecule has 0 aliphatic rings. The summed E-state index contributed by atoms with van der Waals surface area (Å²) in [5.41, 5.74) is 5.71. The molecule has 0 aliphatic heterocycles. The van der Waals surface area contributed by atoms with Gasteiger partial charge in [-0.15, -0.1) is 0 Å². The van der Waals surface area contributed by atoms with Gasteiger partial charge >= 0.3 is 5.97 Å². The van der Waals surface area contributed by atoms with E-state index in [2.05, 4.69) is 9.97 Å². The summed E-state index contributed by atoms with van der Waals surface area (Å²) in [7, 11) is 0. The molecule has 1 aromatic heterocycles. The SMILES string of the molecule is N#CCCN(C(=O)COC(=O)c1nccnc1N)c1ccc(F)cc1. The summed E-state index contributed by atoms with van der Waals surface area (Å²) in [5.74, 6) is -2.03. The lowest BCUT2D eigenvalue weighted by molar-refractivity contribution is -0.121. The highest BCUT2D eigenvalue weighted by molar-refractivity contribution is 5.97. The second-order valence-corrected chi connectivity index (χ2v) is 4.80. The first kappa shape index (κ1) is 17.8. The molecule has 1 amide bonds. The van der Waals surface area contributed by atoms with Crippen LogP contribution in [0.25, 0.3) is 0 Å². The van der Waals surface area contributed by atoms with Crippen molar-refractivity contribution in [3.8, 4) is 6.07 Å². The molecule has 0 saturated carbocycles. The molecule has 1 aromatic carbocycles. The van der Waals surface area contributed by atoms with Crippen molar-refractivity contribution < 1.29 is 18.7 Å². The van der Waals surface area contributed by atoms with E-state index in [4.69, 9.17) is 15.7 Å². The number of rotatable bonds is 6. The number of amides is 1. The summed E-state index contributed by atoms with van der Waals surface area (Å²) >= 11 is 0. The number of aromatic nitrogens is 2. The Morgan fingerprint density at radius 2 is 1.92 bits per heavy atom. The maximum absolute atomic E-state index is 13.0. The number of hydrogen-bond donors (Lipinski definition) is 1.